The van der Waals surface area contributed by atoms with Crippen LogP contribution in [0.25, 0.3) is 0 Å². The predicted octanol–water partition coefficient (Wildman–Crippen LogP) is 1.05. The Morgan fingerprint density at radius 2 is 1.68 bits per heavy atom. The highest BCUT2D eigenvalue weighted by Gasteiger charge is 2.67. The maximum absolute atomic E-state index is 13.9. The van der Waals surface area contributed by atoms with Gasteiger partial charge in [0.15, 0.2) is 11.4 Å². The number of aliphatic hydroxyl groups excluding tert-OH is 3. The molecule has 2 aromatic carbocycles. The molecule has 10 heteroatoms. The number of hydrogen-bond donors (Lipinski definition) is 6. The van der Waals surface area contributed by atoms with Gasteiger partial charge in [-0.15, -0.1) is 0 Å². The maximum atomic E-state index is 13.9. The number of aliphatic hydroxyl groups is 4. The molecule has 206 valence electrons. The Morgan fingerprint density at radius 1 is 1.02 bits per heavy atom. The number of phenolic OH excluding ortho intramolecular Hbond substituents is 1. The molecule has 2 aromatic rings. The summed E-state index contributed by atoms with van der Waals surface area (Å²) in [6.07, 6.45) is -1.67. The summed E-state index contributed by atoms with van der Waals surface area (Å²) in [5, 5.41) is 56.6. The zero-order valence-electron chi connectivity index (χ0n) is 21.9. The second-order valence-electron chi connectivity index (χ2n) is 10.6. The van der Waals surface area contributed by atoms with Crippen LogP contribution in [0.15, 0.2) is 65.1 Å². The van der Waals surface area contributed by atoms with Crippen molar-refractivity contribution in [2.45, 2.75) is 30.6 Å². The molecule has 3 aliphatic rings. The Hall–Kier alpha value is -4.43. The molecule has 3 aliphatic carbocycles. The van der Waals surface area contributed by atoms with E-state index in [0.29, 0.717) is 16.7 Å². The average molecular weight is 545 g/mol. The molecule has 0 saturated heterocycles. The van der Waals surface area contributed by atoms with E-state index < -0.39 is 81.4 Å². The first kappa shape index (κ1) is 27.1. The molecule has 40 heavy (non-hydrogen) atoms. The number of hydrogen-bond acceptors (Lipinski definition) is 9. The summed E-state index contributed by atoms with van der Waals surface area (Å²) in [6, 6.07) is 10.6. The second kappa shape index (κ2) is 9.34. The summed E-state index contributed by atoms with van der Waals surface area (Å²) in [7, 11) is 2.97. The van der Waals surface area contributed by atoms with E-state index in [4.69, 9.17) is 5.73 Å². The van der Waals surface area contributed by atoms with Gasteiger partial charge in [0.25, 0.3) is 5.91 Å². The van der Waals surface area contributed by atoms with Gasteiger partial charge in [-0.3, -0.25) is 19.3 Å². The molecule has 5 rings (SSSR count). The summed E-state index contributed by atoms with van der Waals surface area (Å²) in [4.78, 5) is 40.8. The molecule has 0 aliphatic heterocycles. The van der Waals surface area contributed by atoms with Gasteiger partial charge in [-0.25, -0.2) is 0 Å². The summed E-state index contributed by atoms with van der Waals surface area (Å²) in [5.41, 5.74) is 2.26. The van der Waals surface area contributed by atoms with Gasteiger partial charge in [-0.1, -0.05) is 37.0 Å². The Kier molecular flexibility index (Phi) is 6.34. The highest BCUT2D eigenvalue weighted by atomic mass is 16.4. The normalized spacial score (nSPS) is 29.4. The van der Waals surface area contributed by atoms with Crippen molar-refractivity contribution < 1.29 is 39.9 Å². The van der Waals surface area contributed by atoms with E-state index in [1.54, 1.807) is 25.1 Å². The highest BCUT2D eigenvalue weighted by molar-refractivity contribution is 6.25. The summed E-state index contributed by atoms with van der Waals surface area (Å²) in [5.74, 6) is -3.35. The third-order valence-corrected chi connectivity index (χ3v) is 8.22. The summed E-state index contributed by atoms with van der Waals surface area (Å²) >= 11 is 0. The zero-order valence-corrected chi connectivity index (χ0v) is 21.9. The number of ketones is 2. The van der Waals surface area contributed by atoms with Crippen molar-refractivity contribution in [1.29, 1.82) is 0 Å². The zero-order chi connectivity index (χ0) is 29.3. The van der Waals surface area contributed by atoms with Crippen molar-refractivity contribution in [1.82, 2.24) is 4.90 Å². The predicted molar refractivity (Wildman–Crippen MR) is 142 cm³/mol. The number of amides is 1. The van der Waals surface area contributed by atoms with E-state index in [1.165, 1.54) is 25.1 Å². The lowest BCUT2D eigenvalue weighted by molar-refractivity contribution is -0.162. The molecular weight excluding hydrogens is 516 g/mol. The lowest BCUT2D eigenvalue weighted by Gasteiger charge is -2.53. The van der Waals surface area contributed by atoms with Gasteiger partial charge in [0, 0.05) is 22.6 Å². The number of aromatic hydroxyl groups is 1. The first-order valence-corrected chi connectivity index (χ1v) is 12.6. The van der Waals surface area contributed by atoms with Crippen molar-refractivity contribution in [2.24, 2.45) is 17.6 Å². The van der Waals surface area contributed by atoms with Crippen LogP contribution in [-0.2, 0) is 9.59 Å². The number of fused-ring (bicyclic) bond motifs is 3. The van der Waals surface area contributed by atoms with E-state index >= 15 is 0 Å². The number of Topliss-reactive ketones (excluding diaryl/α,β-unsaturated/α-hetero) is 2. The van der Waals surface area contributed by atoms with Crippen LogP contribution >= 0.6 is 0 Å². The Bertz CT molecular complexity index is 1600. The number of primary amides is 1. The monoisotopic (exact) mass is 544 g/mol. The van der Waals surface area contributed by atoms with Crippen LogP contribution in [0.3, 0.4) is 0 Å². The molecular formula is C30H28N2O8. The summed E-state index contributed by atoms with van der Waals surface area (Å²) in [6.45, 7) is 1.67. The van der Waals surface area contributed by atoms with Gasteiger partial charge in [0.1, 0.15) is 22.8 Å². The van der Waals surface area contributed by atoms with E-state index in [2.05, 4.69) is 11.8 Å². The average Bonchev–Trinajstić information content (AvgIpc) is 2.90. The molecule has 0 bridgehead atoms. The van der Waals surface area contributed by atoms with Crippen molar-refractivity contribution in [3.8, 4) is 17.6 Å². The van der Waals surface area contributed by atoms with Crippen molar-refractivity contribution in [2.75, 3.05) is 14.1 Å². The van der Waals surface area contributed by atoms with Gasteiger partial charge in [-0.05, 0) is 49.8 Å². The molecule has 0 unspecified atom stereocenters. The maximum Gasteiger partial charge on any atom is 0.255 e. The number of nitrogens with zero attached hydrogens (tertiary/aromatic N) is 1. The SMILES string of the molecule is C[C@@H]1c2c(C#Cc3ccccc3)ccc(O)c2C(=O)C2=C(O)[C@@]3(O)C(=O)C(C(N)=O)=C(O)[C@@H](N(C)C)[C@@H]3[C@@H](O)[C@@H]21. The van der Waals surface area contributed by atoms with Crippen LogP contribution < -0.4 is 5.73 Å². The molecule has 0 heterocycles. The van der Waals surface area contributed by atoms with Crippen LogP contribution in [-0.4, -0.2) is 79.7 Å². The number of phenols is 1. The van der Waals surface area contributed by atoms with Crippen molar-refractivity contribution in [3.05, 3.63) is 87.4 Å². The second-order valence-corrected chi connectivity index (χ2v) is 10.6. The molecule has 7 N–H and O–H groups in total. The third kappa shape index (κ3) is 3.59. The molecule has 0 spiro atoms. The third-order valence-electron chi connectivity index (χ3n) is 8.22. The minimum atomic E-state index is -2.95. The molecule has 6 atom stereocenters. The Morgan fingerprint density at radius 3 is 2.27 bits per heavy atom. The number of carbonyl (C=O) groups excluding carboxylic acids is 3. The van der Waals surface area contributed by atoms with Gasteiger partial charge in [0.05, 0.1) is 23.6 Å². The van der Waals surface area contributed by atoms with Gasteiger partial charge < -0.3 is 31.3 Å². The lowest BCUT2D eigenvalue weighted by atomic mass is 9.55. The van der Waals surface area contributed by atoms with Crippen molar-refractivity contribution >= 4 is 17.5 Å². The van der Waals surface area contributed by atoms with E-state index in [9.17, 15) is 39.9 Å². The summed E-state index contributed by atoms with van der Waals surface area (Å²) < 4.78 is 0. The number of likely N-dealkylation sites (N-methyl/N-ethyl adjacent to an activating group) is 1. The van der Waals surface area contributed by atoms with Crippen molar-refractivity contribution in [3.63, 3.8) is 0 Å². The minimum Gasteiger partial charge on any atom is -0.510 e. The lowest BCUT2D eigenvalue weighted by Crippen LogP contribution is -2.68. The fraction of sp³-hybridized carbons (Fsp3) is 0.300. The number of carbonyl (C=O) groups is 3. The quantitative estimate of drug-likeness (QED) is 0.238. The number of rotatable bonds is 2. The molecule has 0 saturated carbocycles. The van der Waals surface area contributed by atoms with Crippen LogP contribution in [0.4, 0.5) is 0 Å². The molecule has 0 radical (unpaired) electrons. The van der Waals surface area contributed by atoms with E-state index in [0.717, 1.165) is 0 Å². The largest absolute Gasteiger partial charge is 0.510 e. The fourth-order valence-electron chi connectivity index (χ4n) is 6.47. The Labute approximate surface area is 229 Å². The van der Waals surface area contributed by atoms with E-state index in [-0.39, 0.29) is 5.56 Å². The molecule has 10 nitrogen and oxygen atoms in total. The van der Waals surface area contributed by atoms with Gasteiger partial charge in [0.2, 0.25) is 5.78 Å². The van der Waals surface area contributed by atoms with Crippen LogP contribution in [0.5, 0.6) is 5.75 Å². The van der Waals surface area contributed by atoms with Gasteiger partial charge in [-0.2, -0.15) is 0 Å². The minimum absolute atomic E-state index is 0.180. The first-order chi connectivity index (χ1) is 18.8. The smallest absolute Gasteiger partial charge is 0.255 e. The Balaban J connectivity index is 1.76. The fourth-order valence-corrected chi connectivity index (χ4v) is 6.47. The van der Waals surface area contributed by atoms with E-state index in [1.807, 2.05) is 18.2 Å². The number of nitrogens with two attached hydrogens (primary N) is 1. The highest BCUT2D eigenvalue weighted by Crippen LogP contribution is 2.55. The van der Waals surface area contributed by atoms with Gasteiger partial charge >= 0.3 is 0 Å². The van der Waals surface area contributed by atoms with Crippen LogP contribution in [0.1, 0.15) is 39.9 Å². The number of benzene rings is 2. The molecule has 0 aromatic heterocycles. The molecule has 0 fully saturated rings. The standard InChI is InChI=1S/C30H28N2O8/c1-13-17-15(10-9-14-7-5-4-6-8-14)11-12-16(33)19(17)24(34)20-18(13)25(35)22-23(32(2)3)26(36)21(29(31)39)28(38)30(22,40)27(20)37/h4-8,11-13,18,22-23,25,33,35-37,40H,1-3H3,(H2,31,39)/t13-,18-,22-,23+,25+,30-/m1/s1. The topological polar surface area (TPSA) is 182 Å². The van der Waals surface area contributed by atoms with Crippen LogP contribution in [0.2, 0.25) is 0 Å². The first-order valence-electron chi connectivity index (χ1n) is 12.6. The molecule has 1 amide bonds. The van der Waals surface area contributed by atoms with Crippen LogP contribution in [0, 0.1) is 23.7 Å².